The maximum atomic E-state index is 6.02. The van der Waals surface area contributed by atoms with Gasteiger partial charge in [-0.2, -0.15) is 0 Å². The van der Waals surface area contributed by atoms with E-state index in [4.69, 9.17) is 32.4 Å². The van der Waals surface area contributed by atoms with Crippen molar-refractivity contribution in [2.75, 3.05) is 26.8 Å². The van der Waals surface area contributed by atoms with Crippen molar-refractivity contribution in [2.45, 2.75) is 18.5 Å². The van der Waals surface area contributed by atoms with Crippen LogP contribution in [0.1, 0.15) is 12.1 Å². The summed E-state index contributed by atoms with van der Waals surface area (Å²) in [6.45, 7) is 3.15. The maximum absolute atomic E-state index is 6.02. The zero-order chi connectivity index (χ0) is 16.3. The molecular formula is C16H19Cl2N3O2. The first-order valence-corrected chi connectivity index (χ1v) is 8.21. The molecule has 1 atom stereocenters. The van der Waals surface area contributed by atoms with Crippen molar-refractivity contribution >= 4 is 23.2 Å². The highest BCUT2D eigenvalue weighted by molar-refractivity contribution is 6.35. The average Bonchev–Trinajstić information content (AvgIpc) is 3.14. The van der Waals surface area contributed by atoms with Gasteiger partial charge in [-0.05, 0) is 31.2 Å². The van der Waals surface area contributed by atoms with Crippen molar-refractivity contribution in [1.82, 2.24) is 15.6 Å². The lowest BCUT2D eigenvalue weighted by molar-refractivity contribution is 0.118. The molecule has 2 N–H and O–H groups in total. The van der Waals surface area contributed by atoms with Crippen molar-refractivity contribution in [3.05, 3.63) is 40.2 Å². The monoisotopic (exact) mass is 355 g/mol. The summed E-state index contributed by atoms with van der Waals surface area (Å²) < 4.78 is 10.9. The average molecular weight is 356 g/mol. The van der Waals surface area contributed by atoms with Gasteiger partial charge < -0.3 is 19.8 Å². The molecule has 124 valence electrons. The number of aromatic nitrogens is 1. The van der Waals surface area contributed by atoms with Crippen LogP contribution in [0.25, 0.3) is 11.5 Å². The van der Waals surface area contributed by atoms with Crippen LogP contribution in [0.2, 0.25) is 10.0 Å². The van der Waals surface area contributed by atoms with Crippen LogP contribution in [0, 0.1) is 0 Å². The van der Waals surface area contributed by atoms with E-state index in [1.54, 1.807) is 31.6 Å². The number of halogens is 2. The van der Waals surface area contributed by atoms with Gasteiger partial charge in [0.15, 0.2) is 0 Å². The Kier molecular flexibility index (Phi) is 5.24. The Hall–Kier alpha value is -1.11. The van der Waals surface area contributed by atoms with E-state index in [0.717, 1.165) is 30.8 Å². The lowest BCUT2D eigenvalue weighted by Gasteiger charge is -2.28. The maximum Gasteiger partial charge on any atom is 0.226 e. The molecule has 1 aliphatic heterocycles. The van der Waals surface area contributed by atoms with Gasteiger partial charge >= 0.3 is 0 Å². The highest BCUT2D eigenvalue weighted by Gasteiger charge is 2.33. The number of hydrogen-bond donors (Lipinski definition) is 2. The molecule has 0 aliphatic carbocycles. The van der Waals surface area contributed by atoms with E-state index in [1.165, 1.54) is 0 Å². The van der Waals surface area contributed by atoms with Crippen LogP contribution < -0.4 is 10.6 Å². The van der Waals surface area contributed by atoms with Crippen molar-refractivity contribution in [3.63, 3.8) is 0 Å². The van der Waals surface area contributed by atoms with Crippen LogP contribution in [0.15, 0.2) is 28.9 Å². The summed E-state index contributed by atoms with van der Waals surface area (Å²) in [6.07, 6.45) is 2.68. The minimum Gasteiger partial charge on any atom is -0.444 e. The standard InChI is InChI=1S/C16H19Cl2N3O2/c1-22-10-16(2-3-19-9-16)20-7-14-8-23-15(21-14)11-4-12(17)6-13(18)5-11/h4-6,8,19-20H,2-3,7,9-10H2,1H3. The first-order chi connectivity index (χ1) is 11.1. The van der Waals surface area contributed by atoms with Gasteiger partial charge in [0.1, 0.15) is 6.26 Å². The van der Waals surface area contributed by atoms with E-state index in [2.05, 4.69) is 15.6 Å². The summed E-state index contributed by atoms with van der Waals surface area (Å²) in [4.78, 5) is 4.51. The second-order valence-electron chi connectivity index (χ2n) is 5.80. The summed E-state index contributed by atoms with van der Waals surface area (Å²) in [5, 5.41) is 8.01. The first kappa shape index (κ1) is 16.7. The lowest BCUT2D eigenvalue weighted by Crippen LogP contribution is -2.50. The van der Waals surface area contributed by atoms with Crippen molar-refractivity contribution < 1.29 is 9.15 Å². The third kappa shape index (κ3) is 4.05. The summed E-state index contributed by atoms with van der Waals surface area (Å²) >= 11 is 12.0. The van der Waals surface area contributed by atoms with Crippen molar-refractivity contribution in [3.8, 4) is 11.5 Å². The summed E-state index contributed by atoms with van der Waals surface area (Å²) in [5.41, 5.74) is 1.55. The Bertz CT molecular complexity index is 649. The van der Waals surface area contributed by atoms with Crippen molar-refractivity contribution in [2.24, 2.45) is 0 Å². The minimum absolute atomic E-state index is 0.0484. The number of nitrogens with zero attached hydrogens (tertiary/aromatic N) is 1. The van der Waals surface area contributed by atoms with E-state index in [1.807, 2.05) is 0 Å². The molecule has 2 heterocycles. The van der Waals surface area contributed by atoms with Gasteiger partial charge in [0, 0.05) is 35.8 Å². The van der Waals surface area contributed by atoms with E-state index in [0.29, 0.717) is 29.1 Å². The SMILES string of the molecule is COCC1(NCc2coc(-c3cc(Cl)cc(Cl)c3)n2)CCNC1. The van der Waals surface area contributed by atoms with Crippen LogP contribution in [0.4, 0.5) is 0 Å². The number of benzene rings is 1. The zero-order valence-electron chi connectivity index (χ0n) is 12.9. The third-order valence-corrected chi connectivity index (χ3v) is 4.41. The largest absolute Gasteiger partial charge is 0.444 e. The molecule has 0 bridgehead atoms. The predicted molar refractivity (Wildman–Crippen MR) is 90.9 cm³/mol. The molecule has 2 aromatic rings. The molecule has 7 heteroatoms. The highest BCUT2D eigenvalue weighted by atomic mass is 35.5. The molecular weight excluding hydrogens is 337 g/mol. The molecule has 3 rings (SSSR count). The molecule has 0 amide bonds. The molecule has 1 aromatic heterocycles. The number of methoxy groups -OCH3 is 1. The van der Waals surface area contributed by atoms with E-state index in [-0.39, 0.29) is 5.54 Å². The molecule has 0 radical (unpaired) electrons. The van der Waals surface area contributed by atoms with Gasteiger partial charge in [-0.3, -0.25) is 0 Å². The topological polar surface area (TPSA) is 59.3 Å². The smallest absolute Gasteiger partial charge is 0.226 e. The Morgan fingerprint density at radius 2 is 2.13 bits per heavy atom. The number of nitrogens with one attached hydrogen (secondary N) is 2. The molecule has 1 fully saturated rings. The van der Waals surface area contributed by atoms with Crippen LogP contribution in [-0.4, -0.2) is 37.3 Å². The van der Waals surface area contributed by atoms with Gasteiger partial charge in [-0.1, -0.05) is 23.2 Å². The van der Waals surface area contributed by atoms with E-state index >= 15 is 0 Å². The zero-order valence-corrected chi connectivity index (χ0v) is 14.4. The molecule has 23 heavy (non-hydrogen) atoms. The molecule has 1 aromatic carbocycles. The van der Waals surface area contributed by atoms with Gasteiger partial charge in [-0.25, -0.2) is 4.98 Å². The lowest BCUT2D eigenvalue weighted by atomic mass is 10.00. The number of hydrogen-bond acceptors (Lipinski definition) is 5. The number of oxazole rings is 1. The van der Waals surface area contributed by atoms with Crippen LogP contribution >= 0.6 is 23.2 Å². The Balaban J connectivity index is 1.69. The van der Waals surface area contributed by atoms with Crippen LogP contribution in [0.3, 0.4) is 0 Å². The van der Waals surface area contributed by atoms with Crippen LogP contribution in [0.5, 0.6) is 0 Å². The molecule has 1 unspecified atom stereocenters. The Morgan fingerprint density at radius 3 is 2.78 bits per heavy atom. The van der Waals surface area contributed by atoms with Gasteiger partial charge in [0.2, 0.25) is 5.89 Å². The summed E-state index contributed by atoms with van der Waals surface area (Å²) in [7, 11) is 1.72. The molecule has 1 saturated heterocycles. The normalized spacial score (nSPS) is 21.0. The second kappa shape index (κ2) is 7.20. The van der Waals surface area contributed by atoms with Crippen LogP contribution in [-0.2, 0) is 11.3 Å². The Morgan fingerprint density at radius 1 is 1.35 bits per heavy atom. The van der Waals surface area contributed by atoms with Gasteiger partial charge in [0.25, 0.3) is 0 Å². The molecule has 0 saturated carbocycles. The van der Waals surface area contributed by atoms with Gasteiger partial charge in [0.05, 0.1) is 17.8 Å². The summed E-state index contributed by atoms with van der Waals surface area (Å²) in [6, 6.07) is 5.24. The number of rotatable bonds is 6. The fourth-order valence-corrected chi connectivity index (χ4v) is 3.35. The number of ether oxygens (including phenoxy) is 1. The van der Waals surface area contributed by atoms with Crippen molar-refractivity contribution in [1.29, 1.82) is 0 Å². The minimum atomic E-state index is -0.0484. The van der Waals surface area contributed by atoms with E-state index in [9.17, 15) is 0 Å². The fourth-order valence-electron chi connectivity index (χ4n) is 2.82. The highest BCUT2D eigenvalue weighted by Crippen LogP contribution is 2.27. The summed E-state index contributed by atoms with van der Waals surface area (Å²) in [5.74, 6) is 0.511. The molecule has 5 nitrogen and oxygen atoms in total. The predicted octanol–water partition coefficient (Wildman–Crippen LogP) is 3.12. The van der Waals surface area contributed by atoms with E-state index < -0.39 is 0 Å². The quantitative estimate of drug-likeness (QED) is 0.833. The molecule has 1 aliphatic rings. The second-order valence-corrected chi connectivity index (χ2v) is 6.67. The fraction of sp³-hybridized carbons (Fsp3) is 0.438. The Labute approximate surface area is 145 Å². The van der Waals surface area contributed by atoms with Gasteiger partial charge in [-0.15, -0.1) is 0 Å². The first-order valence-electron chi connectivity index (χ1n) is 7.46. The molecule has 0 spiro atoms. The third-order valence-electron chi connectivity index (χ3n) is 3.97.